The molecule has 0 fully saturated rings. The minimum absolute atomic E-state index is 0.426. The van der Waals surface area contributed by atoms with Gasteiger partial charge in [0, 0.05) is 5.54 Å². The quantitative estimate of drug-likeness (QED) is 0.798. The van der Waals surface area contributed by atoms with Crippen molar-refractivity contribution in [2.24, 2.45) is 5.73 Å². The maximum atomic E-state index is 8.59. The smallest absolute Gasteiger partial charge is 0.330 e. The SMILES string of the molecule is CC(C)(N)C(C)(C)O[B]c1ccc(CC#N)cc1. The van der Waals surface area contributed by atoms with Gasteiger partial charge in [0.2, 0.25) is 0 Å². The molecule has 2 N–H and O–H groups in total. The van der Waals surface area contributed by atoms with Crippen LogP contribution in [-0.2, 0) is 11.1 Å². The van der Waals surface area contributed by atoms with Crippen molar-refractivity contribution in [3.05, 3.63) is 29.8 Å². The molecule has 1 aromatic carbocycles. The van der Waals surface area contributed by atoms with Crippen molar-refractivity contribution in [1.29, 1.82) is 5.26 Å². The zero-order chi connectivity index (χ0) is 13.8. The fourth-order valence-electron chi connectivity index (χ4n) is 1.17. The molecule has 0 aliphatic carbocycles. The fourth-order valence-corrected chi connectivity index (χ4v) is 1.17. The first kappa shape index (κ1) is 14.8. The zero-order valence-electron chi connectivity index (χ0n) is 11.5. The zero-order valence-corrected chi connectivity index (χ0v) is 11.5. The van der Waals surface area contributed by atoms with Crippen molar-refractivity contribution in [3.63, 3.8) is 0 Å². The van der Waals surface area contributed by atoms with Crippen molar-refractivity contribution >= 4 is 12.9 Å². The average Bonchev–Trinajstić information content (AvgIpc) is 2.27. The topological polar surface area (TPSA) is 59.0 Å². The van der Waals surface area contributed by atoms with Gasteiger partial charge in [0.1, 0.15) is 0 Å². The molecule has 0 saturated heterocycles. The fraction of sp³-hybridized carbons (Fsp3) is 0.500. The van der Waals surface area contributed by atoms with Gasteiger partial charge in [-0.3, -0.25) is 0 Å². The van der Waals surface area contributed by atoms with Crippen LogP contribution >= 0.6 is 0 Å². The van der Waals surface area contributed by atoms with Crippen molar-refractivity contribution < 1.29 is 4.65 Å². The molecule has 0 spiro atoms. The average molecular weight is 243 g/mol. The Morgan fingerprint density at radius 3 is 2.22 bits per heavy atom. The summed E-state index contributed by atoms with van der Waals surface area (Å²) in [5, 5.41) is 8.59. The lowest BCUT2D eigenvalue weighted by Crippen LogP contribution is -2.55. The van der Waals surface area contributed by atoms with Crippen LogP contribution in [0.2, 0.25) is 0 Å². The van der Waals surface area contributed by atoms with Crippen LogP contribution in [0.3, 0.4) is 0 Å². The normalized spacial score (nSPS) is 12.0. The van der Waals surface area contributed by atoms with Gasteiger partial charge >= 0.3 is 7.48 Å². The van der Waals surface area contributed by atoms with E-state index in [4.69, 9.17) is 15.6 Å². The number of nitrogens with two attached hydrogens (primary N) is 1. The van der Waals surface area contributed by atoms with Crippen LogP contribution in [0.5, 0.6) is 0 Å². The molecule has 4 heteroatoms. The van der Waals surface area contributed by atoms with E-state index in [0.717, 1.165) is 11.0 Å². The van der Waals surface area contributed by atoms with Gasteiger partial charge in [0.15, 0.2) is 0 Å². The Labute approximate surface area is 110 Å². The van der Waals surface area contributed by atoms with Gasteiger partial charge < -0.3 is 10.4 Å². The Morgan fingerprint density at radius 2 is 1.78 bits per heavy atom. The first-order valence-electron chi connectivity index (χ1n) is 6.02. The Balaban J connectivity index is 2.62. The van der Waals surface area contributed by atoms with Gasteiger partial charge in [0.05, 0.1) is 18.1 Å². The molecule has 0 bridgehead atoms. The van der Waals surface area contributed by atoms with Gasteiger partial charge in [-0.2, -0.15) is 5.26 Å². The van der Waals surface area contributed by atoms with E-state index in [2.05, 4.69) is 6.07 Å². The van der Waals surface area contributed by atoms with Gasteiger partial charge in [-0.25, -0.2) is 0 Å². The van der Waals surface area contributed by atoms with E-state index in [9.17, 15) is 0 Å². The summed E-state index contributed by atoms with van der Waals surface area (Å²) in [6.45, 7) is 7.81. The standard InChI is InChI=1S/C14H20BN2O/c1-13(2,17)14(3,4)18-15-12-7-5-11(6-8-12)9-10-16/h5-8H,9,17H2,1-4H3. The highest BCUT2D eigenvalue weighted by Gasteiger charge is 2.33. The third kappa shape index (κ3) is 3.87. The monoisotopic (exact) mass is 243 g/mol. The molecule has 0 saturated carbocycles. The number of hydrogen-bond donors (Lipinski definition) is 1. The molecule has 1 aromatic rings. The second kappa shape index (κ2) is 5.56. The van der Waals surface area contributed by atoms with Crippen LogP contribution in [0.25, 0.3) is 0 Å². The van der Waals surface area contributed by atoms with E-state index in [1.54, 1.807) is 7.48 Å². The predicted octanol–water partition coefficient (Wildman–Crippen LogP) is 1.53. The van der Waals surface area contributed by atoms with E-state index in [1.165, 1.54) is 0 Å². The van der Waals surface area contributed by atoms with Crippen LogP contribution in [0.4, 0.5) is 0 Å². The number of nitrogens with zero attached hydrogens (tertiary/aromatic N) is 1. The Hall–Kier alpha value is -1.31. The summed E-state index contributed by atoms with van der Waals surface area (Å²) in [5.74, 6) is 0. The number of rotatable bonds is 5. The molecule has 1 rings (SSSR count). The second-order valence-corrected chi connectivity index (χ2v) is 5.54. The van der Waals surface area contributed by atoms with Crippen molar-refractivity contribution in [2.45, 2.75) is 45.3 Å². The minimum Gasteiger partial charge on any atom is -0.428 e. The van der Waals surface area contributed by atoms with Crippen LogP contribution in [-0.4, -0.2) is 18.6 Å². The lowest BCUT2D eigenvalue weighted by Gasteiger charge is -2.38. The Bertz CT molecular complexity index is 427. The number of hydrogen-bond acceptors (Lipinski definition) is 3. The summed E-state index contributed by atoms with van der Waals surface area (Å²) in [4.78, 5) is 0. The van der Waals surface area contributed by atoms with E-state index in [-0.39, 0.29) is 0 Å². The first-order chi connectivity index (χ1) is 8.26. The first-order valence-corrected chi connectivity index (χ1v) is 6.02. The highest BCUT2D eigenvalue weighted by Crippen LogP contribution is 2.21. The molecule has 1 radical (unpaired) electrons. The summed E-state index contributed by atoms with van der Waals surface area (Å²) in [6, 6.07) is 9.85. The number of benzene rings is 1. The summed E-state index contributed by atoms with van der Waals surface area (Å²) >= 11 is 0. The number of nitriles is 1. The van der Waals surface area contributed by atoms with Gasteiger partial charge in [-0.1, -0.05) is 29.7 Å². The van der Waals surface area contributed by atoms with Gasteiger partial charge in [-0.15, -0.1) is 0 Å². The van der Waals surface area contributed by atoms with Gasteiger partial charge in [-0.05, 0) is 33.3 Å². The van der Waals surface area contributed by atoms with E-state index < -0.39 is 11.1 Å². The minimum atomic E-state index is -0.446. The summed E-state index contributed by atoms with van der Waals surface area (Å²) < 4.78 is 5.76. The van der Waals surface area contributed by atoms with E-state index in [0.29, 0.717) is 6.42 Å². The van der Waals surface area contributed by atoms with E-state index >= 15 is 0 Å². The molecule has 0 atom stereocenters. The van der Waals surface area contributed by atoms with Crippen molar-refractivity contribution in [3.8, 4) is 6.07 Å². The van der Waals surface area contributed by atoms with Gasteiger partial charge in [0.25, 0.3) is 0 Å². The highest BCUT2D eigenvalue weighted by atomic mass is 16.5. The van der Waals surface area contributed by atoms with Crippen LogP contribution in [0, 0.1) is 11.3 Å². The molecular weight excluding hydrogens is 223 g/mol. The Morgan fingerprint density at radius 1 is 1.22 bits per heavy atom. The molecular formula is C14H20BN2O. The lowest BCUT2D eigenvalue weighted by atomic mass is 9.81. The molecule has 0 heterocycles. The molecule has 0 aromatic heterocycles. The van der Waals surface area contributed by atoms with Crippen LogP contribution in [0.15, 0.2) is 24.3 Å². The lowest BCUT2D eigenvalue weighted by molar-refractivity contribution is 0.0462. The van der Waals surface area contributed by atoms with Crippen molar-refractivity contribution in [1.82, 2.24) is 0 Å². The van der Waals surface area contributed by atoms with Crippen molar-refractivity contribution in [2.75, 3.05) is 0 Å². The molecule has 0 aliphatic rings. The summed E-state index contributed by atoms with van der Waals surface area (Å²) in [7, 11) is 1.71. The molecule has 0 unspecified atom stereocenters. The molecule has 18 heavy (non-hydrogen) atoms. The second-order valence-electron chi connectivity index (χ2n) is 5.54. The highest BCUT2D eigenvalue weighted by molar-refractivity contribution is 6.47. The van der Waals surface area contributed by atoms with Crippen LogP contribution in [0.1, 0.15) is 33.3 Å². The third-order valence-corrected chi connectivity index (χ3v) is 3.30. The summed E-state index contributed by atoms with van der Waals surface area (Å²) in [5.41, 5.74) is 7.16. The molecule has 95 valence electrons. The third-order valence-electron chi connectivity index (χ3n) is 3.30. The summed E-state index contributed by atoms with van der Waals surface area (Å²) in [6.07, 6.45) is 0.433. The molecule has 0 amide bonds. The van der Waals surface area contributed by atoms with Crippen LogP contribution < -0.4 is 11.2 Å². The maximum absolute atomic E-state index is 8.59. The maximum Gasteiger partial charge on any atom is 0.330 e. The largest absolute Gasteiger partial charge is 0.428 e. The molecule has 0 aliphatic heterocycles. The predicted molar refractivity (Wildman–Crippen MR) is 74.6 cm³/mol. The molecule has 3 nitrogen and oxygen atoms in total. The Kier molecular flexibility index (Phi) is 4.56. The van der Waals surface area contributed by atoms with E-state index in [1.807, 2.05) is 52.0 Å².